The highest BCUT2D eigenvalue weighted by atomic mass is 35.5. The van der Waals surface area contributed by atoms with Crippen molar-refractivity contribution in [3.63, 3.8) is 0 Å². The SMILES string of the molecule is COC(=O)c1nc(SC(C)(C)C)sc1Cl. The van der Waals surface area contributed by atoms with Gasteiger partial charge in [-0.25, -0.2) is 9.78 Å². The lowest BCUT2D eigenvalue weighted by Crippen LogP contribution is -2.07. The van der Waals surface area contributed by atoms with Crippen LogP contribution in [0.1, 0.15) is 31.3 Å². The number of halogens is 1. The molecule has 0 saturated heterocycles. The van der Waals surface area contributed by atoms with Crippen molar-refractivity contribution in [2.75, 3.05) is 7.11 Å². The van der Waals surface area contributed by atoms with Gasteiger partial charge < -0.3 is 4.74 Å². The number of hydrogen-bond donors (Lipinski definition) is 0. The van der Waals surface area contributed by atoms with E-state index in [-0.39, 0.29) is 10.4 Å². The highest BCUT2D eigenvalue weighted by molar-refractivity contribution is 8.02. The van der Waals surface area contributed by atoms with Crippen LogP contribution in [0, 0.1) is 0 Å². The van der Waals surface area contributed by atoms with E-state index in [1.165, 1.54) is 18.4 Å². The number of thiazole rings is 1. The number of thioether (sulfide) groups is 1. The molecule has 0 N–H and O–H groups in total. The second kappa shape index (κ2) is 4.72. The molecule has 0 aromatic carbocycles. The Hall–Kier alpha value is -0.260. The van der Waals surface area contributed by atoms with Crippen LogP contribution >= 0.6 is 34.7 Å². The number of rotatable bonds is 2. The molecule has 0 radical (unpaired) electrons. The van der Waals surface area contributed by atoms with Gasteiger partial charge in [-0.05, 0) is 0 Å². The molecular weight excluding hydrogens is 254 g/mol. The van der Waals surface area contributed by atoms with Crippen LogP contribution < -0.4 is 0 Å². The molecule has 0 aliphatic heterocycles. The Bertz CT molecular complexity index is 371. The van der Waals surface area contributed by atoms with E-state index in [4.69, 9.17) is 11.6 Å². The minimum absolute atomic E-state index is 0.0502. The molecule has 1 heterocycles. The monoisotopic (exact) mass is 265 g/mol. The standard InChI is InChI=1S/C9H12ClNO2S2/c1-9(2,3)15-8-11-5(6(10)14-8)7(12)13-4/h1-4H3. The van der Waals surface area contributed by atoms with E-state index in [0.717, 1.165) is 4.34 Å². The molecule has 3 nitrogen and oxygen atoms in total. The van der Waals surface area contributed by atoms with Crippen molar-refractivity contribution in [3.05, 3.63) is 10.0 Å². The van der Waals surface area contributed by atoms with Crippen LogP contribution in [0.3, 0.4) is 0 Å². The summed E-state index contributed by atoms with van der Waals surface area (Å²) in [7, 11) is 1.31. The van der Waals surface area contributed by atoms with E-state index in [2.05, 4.69) is 30.5 Å². The molecule has 0 aliphatic carbocycles. The van der Waals surface area contributed by atoms with E-state index in [0.29, 0.717) is 4.34 Å². The summed E-state index contributed by atoms with van der Waals surface area (Å²) >= 11 is 8.77. The molecule has 0 amide bonds. The number of esters is 1. The summed E-state index contributed by atoms with van der Waals surface area (Å²) in [4.78, 5) is 15.4. The topological polar surface area (TPSA) is 39.2 Å². The summed E-state index contributed by atoms with van der Waals surface area (Å²) in [5.74, 6) is -0.489. The Morgan fingerprint density at radius 3 is 2.60 bits per heavy atom. The molecule has 6 heteroatoms. The summed E-state index contributed by atoms with van der Waals surface area (Å²) < 4.78 is 5.79. The summed E-state index contributed by atoms with van der Waals surface area (Å²) in [6.45, 7) is 6.22. The number of ether oxygens (including phenoxy) is 1. The second-order valence-electron chi connectivity index (χ2n) is 3.81. The Balaban J connectivity index is 2.91. The van der Waals surface area contributed by atoms with Crippen LogP contribution in [0.4, 0.5) is 0 Å². The molecule has 84 valence electrons. The largest absolute Gasteiger partial charge is 0.464 e. The Kier molecular flexibility index (Phi) is 4.03. The molecule has 1 rings (SSSR count). The lowest BCUT2D eigenvalue weighted by molar-refractivity contribution is 0.0594. The van der Waals surface area contributed by atoms with E-state index in [9.17, 15) is 4.79 Å². The van der Waals surface area contributed by atoms with Crippen molar-refractivity contribution in [1.29, 1.82) is 0 Å². The Morgan fingerprint density at radius 1 is 1.53 bits per heavy atom. The smallest absolute Gasteiger partial charge is 0.359 e. The van der Waals surface area contributed by atoms with Crippen LogP contribution in [-0.2, 0) is 4.74 Å². The molecule has 0 fully saturated rings. The average Bonchev–Trinajstić information content (AvgIpc) is 2.42. The van der Waals surface area contributed by atoms with E-state index >= 15 is 0 Å². The van der Waals surface area contributed by atoms with Crippen molar-refractivity contribution in [1.82, 2.24) is 4.98 Å². The zero-order valence-electron chi connectivity index (χ0n) is 8.96. The number of carbonyl (C=O) groups is 1. The summed E-state index contributed by atoms with van der Waals surface area (Å²) in [5.41, 5.74) is 0.205. The van der Waals surface area contributed by atoms with Gasteiger partial charge in [0.15, 0.2) is 10.0 Å². The van der Waals surface area contributed by atoms with Gasteiger partial charge in [0.05, 0.1) is 7.11 Å². The normalized spacial score (nSPS) is 11.5. The van der Waals surface area contributed by atoms with Crippen molar-refractivity contribution in [2.24, 2.45) is 0 Å². The number of hydrogen-bond acceptors (Lipinski definition) is 5. The lowest BCUT2D eigenvalue weighted by Gasteiger charge is -2.14. The first-order chi connectivity index (χ1) is 6.83. The zero-order valence-corrected chi connectivity index (χ0v) is 11.3. The summed E-state index contributed by atoms with van der Waals surface area (Å²) in [6, 6.07) is 0. The van der Waals surface area contributed by atoms with E-state index in [1.54, 1.807) is 11.8 Å². The maximum Gasteiger partial charge on any atom is 0.359 e. The minimum Gasteiger partial charge on any atom is -0.464 e. The van der Waals surface area contributed by atoms with Crippen molar-refractivity contribution in [2.45, 2.75) is 29.9 Å². The number of nitrogens with zero attached hydrogens (tertiary/aromatic N) is 1. The van der Waals surface area contributed by atoms with Crippen LogP contribution in [0.25, 0.3) is 0 Å². The molecule has 15 heavy (non-hydrogen) atoms. The predicted molar refractivity (Wildman–Crippen MR) is 64.1 cm³/mol. The second-order valence-corrected chi connectivity index (χ2v) is 7.48. The third-order valence-corrected chi connectivity index (χ3v) is 3.77. The maximum atomic E-state index is 11.2. The van der Waals surface area contributed by atoms with Gasteiger partial charge in [-0.3, -0.25) is 0 Å². The maximum absolute atomic E-state index is 11.2. The first-order valence-corrected chi connectivity index (χ1v) is 6.28. The highest BCUT2D eigenvalue weighted by Gasteiger charge is 2.21. The van der Waals surface area contributed by atoms with Gasteiger partial charge in [-0.15, -0.1) is 0 Å². The Morgan fingerprint density at radius 2 is 2.13 bits per heavy atom. The fourth-order valence-electron chi connectivity index (χ4n) is 0.811. The zero-order chi connectivity index (χ0) is 11.6. The van der Waals surface area contributed by atoms with Gasteiger partial charge in [0.25, 0.3) is 0 Å². The fourth-order valence-corrected chi connectivity index (χ4v) is 3.63. The molecule has 1 aromatic heterocycles. The lowest BCUT2D eigenvalue weighted by atomic mass is 10.3. The molecule has 0 saturated carbocycles. The number of carbonyl (C=O) groups excluding carboxylic acids is 1. The van der Waals surface area contributed by atoms with Gasteiger partial charge in [0, 0.05) is 4.75 Å². The summed E-state index contributed by atoms with van der Waals surface area (Å²) in [5, 5.41) is 0. The fraction of sp³-hybridized carbons (Fsp3) is 0.556. The van der Waals surface area contributed by atoms with Gasteiger partial charge >= 0.3 is 5.97 Å². The molecule has 0 atom stereocenters. The molecule has 0 bridgehead atoms. The highest BCUT2D eigenvalue weighted by Crippen LogP contribution is 2.37. The van der Waals surface area contributed by atoms with Crippen molar-refractivity contribution >= 4 is 40.7 Å². The van der Waals surface area contributed by atoms with Gasteiger partial charge in [0.1, 0.15) is 4.34 Å². The van der Waals surface area contributed by atoms with Crippen LogP contribution in [0.15, 0.2) is 4.34 Å². The van der Waals surface area contributed by atoms with Crippen molar-refractivity contribution < 1.29 is 9.53 Å². The predicted octanol–water partition coefficient (Wildman–Crippen LogP) is 3.47. The van der Waals surface area contributed by atoms with Crippen molar-refractivity contribution in [3.8, 4) is 0 Å². The van der Waals surface area contributed by atoms with Gasteiger partial charge in [-0.1, -0.05) is 55.5 Å². The van der Waals surface area contributed by atoms with E-state index in [1.807, 2.05) is 0 Å². The number of methoxy groups -OCH3 is 1. The summed E-state index contributed by atoms with van der Waals surface area (Å²) in [6.07, 6.45) is 0. The van der Waals surface area contributed by atoms with Gasteiger partial charge in [0.2, 0.25) is 0 Å². The van der Waals surface area contributed by atoms with Gasteiger partial charge in [-0.2, -0.15) is 0 Å². The minimum atomic E-state index is -0.489. The average molecular weight is 266 g/mol. The van der Waals surface area contributed by atoms with E-state index < -0.39 is 5.97 Å². The van der Waals surface area contributed by atoms with Crippen LogP contribution in [0.5, 0.6) is 0 Å². The molecule has 0 aliphatic rings. The third kappa shape index (κ3) is 3.66. The first-order valence-electron chi connectivity index (χ1n) is 4.27. The Labute approximate surface area is 102 Å². The molecule has 0 unspecified atom stereocenters. The quantitative estimate of drug-likeness (QED) is 0.606. The first kappa shape index (κ1) is 12.8. The molecular formula is C9H12ClNO2S2. The molecule has 0 spiro atoms. The molecule has 1 aromatic rings. The third-order valence-electron chi connectivity index (χ3n) is 1.34. The van der Waals surface area contributed by atoms with Crippen LogP contribution in [-0.4, -0.2) is 22.8 Å². The van der Waals surface area contributed by atoms with Crippen LogP contribution in [0.2, 0.25) is 4.34 Å². The number of aromatic nitrogens is 1.